The number of nitrogens with zero attached hydrogens (tertiary/aromatic N) is 3. The first-order valence-electron chi connectivity index (χ1n) is 10.2. The summed E-state index contributed by atoms with van der Waals surface area (Å²) < 4.78 is 10.4. The first-order chi connectivity index (χ1) is 14.6. The second-order valence-corrected chi connectivity index (χ2v) is 7.73. The molecule has 0 radical (unpaired) electrons. The lowest BCUT2D eigenvalue weighted by Crippen LogP contribution is -2.45. The Kier molecular flexibility index (Phi) is 6.06. The van der Waals surface area contributed by atoms with Crippen molar-refractivity contribution in [2.75, 3.05) is 46.4 Å². The van der Waals surface area contributed by atoms with E-state index in [1.54, 1.807) is 53.3 Å². The number of benzene rings is 1. The molecule has 30 heavy (non-hydrogen) atoms. The number of amides is 2. The monoisotopic (exact) mass is 413 g/mol. The van der Waals surface area contributed by atoms with Gasteiger partial charge in [-0.3, -0.25) is 14.5 Å². The molecule has 0 saturated carbocycles. The van der Waals surface area contributed by atoms with Gasteiger partial charge in [0.05, 0.1) is 25.5 Å². The molecule has 160 valence electrons. The van der Waals surface area contributed by atoms with Gasteiger partial charge in [0.25, 0.3) is 11.8 Å². The van der Waals surface area contributed by atoms with Crippen LogP contribution in [-0.2, 0) is 0 Å². The lowest BCUT2D eigenvalue weighted by molar-refractivity contribution is 0.0697. The number of methoxy groups -OCH3 is 1. The molecule has 0 aliphatic carbocycles. The predicted molar refractivity (Wildman–Crippen MR) is 109 cm³/mol. The molecular weight excluding hydrogens is 386 g/mol. The van der Waals surface area contributed by atoms with Gasteiger partial charge in [-0.1, -0.05) is 0 Å². The zero-order chi connectivity index (χ0) is 21.1. The number of aliphatic hydroxyl groups excluding tert-OH is 1. The van der Waals surface area contributed by atoms with Crippen molar-refractivity contribution in [3.05, 3.63) is 54.0 Å². The van der Waals surface area contributed by atoms with E-state index in [2.05, 4.69) is 4.90 Å². The number of carbonyl (C=O) groups excluding carboxylic acids is 2. The summed E-state index contributed by atoms with van der Waals surface area (Å²) in [5.74, 6) is 0.846. The van der Waals surface area contributed by atoms with E-state index in [-0.39, 0.29) is 17.9 Å². The van der Waals surface area contributed by atoms with E-state index in [1.165, 1.54) is 6.26 Å². The fraction of sp³-hybridized carbons (Fsp3) is 0.455. The Morgan fingerprint density at radius 3 is 2.50 bits per heavy atom. The van der Waals surface area contributed by atoms with Crippen molar-refractivity contribution in [3.63, 3.8) is 0 Å². The van der Waals surface area contributed by atoms with Gasteiger partial charge in [-0.25, -0.2) is 0 Å². The molecule has 0 bridgehead atoms. The van der Waals surface area contributed by atoms with Gasteiger partial charge < -0.3 is 24.1 Å². The minimum Gasteiger partial charge on any atom is -0.497 e. The number of aliphatic hydroxyl groups is 1. The highest BCUT2D eigenvalue weighted by Crippen LogP contribution is 2.22. The summed E-state index contributed by atoms with van der Waals surface area (Å²) in [6.07, 6.45) is 1.70. The standard InChI is InChI=1S/C22H27N3O5/c1-29-17-7-5-16(6-8-17)21(27)25-14-18(19(26)15-25)23-9-3-10-24(12-11-23)22(28)20-4-2-13-30-20/h2,4-8,13,18-19,26H,3,9-12,14-15H2,1H3/t18-,19-/m1/s1. The fourth-order valence-corrected chi connectivity index (χ4v) is 4.24. The van der Waals surface area contributed by atoms with E-state index in [0.717, 1.165) is 13.0 Å². The second-order valence-electron chi connectivity index (χ2n) is 7.73. The third-order valence-corrected chi connectivity index (χ3v) is 5.90. The Morgan fingerprint density at radius 2 is 1.80 bits per heavy atom. The number of β-amino-alcohol motifs (C(OH)–C–C–N with tert-alkyl or cyclic N) is 1. The largest absolute Gasteiger partial charge is 0.497 e. The molecule has 4 rings (SSSR count). The smallest absolute Gasteiger partial charge is 0.289 e. The Morgan fingerprint density at radius 1 is 1.00 bits per heavy atom. The van der Waals surface area contributed by atoms with Crippen LogP contribution in [0.25, 0.3) is 0 Å². The summed E-state index contributed by atoms with van der Waals surface area (Å²) >= 11 is 0. The Balaban J connectivity index is 1.37. The minimum absolute atomic E-state index is 0.0938. The van der Waals surface area contributed by atoms with Crippen molar-refractivity contribution < 1.29 is 23.8 Å². The molecule has 2 aromatic rings. The van der Waals surface area contributed by atoms with Gasteiger partial charge >= 0.3 is 0 Å². The summed E-state index contributed by atoms with van der Waals surface area (Å²) in [4.78, 5) is 31.1. The average Bonchev–Trinajstić information content (AvgIpc) is 3.37. The normalized spacial score (nSPS) is 22.7. The van der Waals surface area contributed by atoms with Crippen LogP contribution < -0.4 is 4.74 Å². The zero-order valence-electron chi connectivity index (χ0n) is 17.1. The molecule has 2 atom stereocenters. The number of hydrogen-bond acceptors (Lipinski definition) is 6. The molecule has 1 aromatic carbocycles. The van der Waals surface area contributed by atoms with Crippen LogP contribution in [0.2, 0.25) is 0 Å². The maximum Gasteiger partial charge on any atom is 0.289 e. The summed E-state index contributed by atoms with van der Waals surface area (Å²) in [5.41, 5.74) is 0.578. The molecule has 2 saturated heterocycles. The predicted octanol–water partition coefficient (Wildman–Crippen LogP) is 1.32. The molecule has 1 N–H and O–H groups in total. The number of carbonyl (C=O) groups is 2. The summed E-state index contributed by atoms with van der Waals surface area (Å²) in [5, 5.41) is 10.7. The SMILES string of the molecule is COc1ccc(C(=O)N2C[C@@H](O)[C@H](N3CCCN(C(=O)c4ccco4)CC3)C2)cc1. The molecule has 2 amide bonds. The van der Waals surface area contributed by atoms with Gasteiger partial charge in [0.2, 0.25) is 0 Å². The van der Waals surface area contributed by atoms with E-state index in [4.69, 9.17) is 9.15 Å². The molecule has 8 nitrogen and oxygen atoms in total. The van der Waals surface area contributed by atoms with Crippen molar-refractivity contribution >= 4 is 11.8 Å². The Bertz CT molecular complexity index is 867. The van der Waals surface area contributed by atoms with Crippen molar-refractivity contribution in [2.45, 2.75) is 18.6 Å². The number of hydrogen-bond donors (Lipinski definition) is 1. The second kappa shape index (κ2) is 8.89. The van der Waals surface area contributed by atoms with E-state index in [9.17, 15) is 14.7 Å². The van der Waals surface area contributed by atoms with Gasteiger partial charge in [-0.05, 0) is 42.8 Å². The quantitative estimate of drug-likeness (QED) is 0.814. The number of ether oxygens (including phenoxy) is 1. The van der Waals surface area contributed by atoms with Gasteiger partial charge in [0.15, 0.2) is 5.76 Å². The Labute approximate surface area is 175 Å². The molecule has 0 spiro atoms. The van der Waals surface area contributed by atoms with Crippen LogP contribution in [-0.4, -0.2) is 90.1 Å². The minimum atomic E-state index is -0.612. The molecule has 0 unspecified atom stereocenters. The lowest BCUT2D eigenvalue weighted by atomic mass is 10.1. The van der Waals surface area contributed by atoms with Crippen molar-refractivity contribution in [3.8, 4) is 5.75 Å². The average molecular weight is 413 g/mol. The van der Waals surface area contributed by atoms with Crippen LogP contribution in [0.4, 0.5) is 0 Å². The van der Waals surface area contributed by atoms with E-state index in [1.807, 2.05) is 0 Å². The van der Waals surface area contributed by atoms with Gasteiger partial charge in [0.1, 0.15) is 5.75 Å². The molecule has 2 fully saturated rings. The topological polar surface area (TPSA) is 86.5 Å². The first-order valence-corrected chi connectivity index (χ1v) is 10.2. The van der Waals surface area contributed by atoms with Crippen LogP contribution in [0.1, 0.15) is 27.3 Å². The summed E-state index contributed by atoms with van der Waals surface area (Å²) in [7, 11) is 1.59. The van der Waals surface area contributed by atoms with Crippen LogP contribution in [0.5, 0.6) is 5.75 Å². The van der Waals surface area contributed by atoms with Crippen LogP contribution in [0, 0.1) is 0 Å². The highest BCUT2D eigenvalue weighted by Gasteiger charge is 2.38. The summed E-state index contributed by atoms with van der Waals surface area (Å²) in [6.45, 7) is 3.41. The van der Waals surface area contributed by atoms with E-state index < -0.39 is 6.10 Å². The molecule has 2 aliphatic rings. The lowest BCUT2D eigenvalue weighted by Gasteiger charge is -2.29. The molecule has 2 aliphatic heterocycles. The highest BCUT2D eigenvalue weighted by molar-refractivity contribution is 5.94. The first kappa shape index (κ1) is 20.4. The van der Waals surface area contributed by atoms with Crippen LogP contribution in [0.3, 0.4) is 0 Å². The Hall–Kier alpha value is -2.84. The molecule has 1 aromatic heterocycles. The number of furan rings is 1. The number of likely N-dealkylation sites (tertiary alicyclic amines) is 1. The third-order valence-electron chi connectivity index (χ3n) is 5.90. The fourth-order valence-electron chi connectivity index (χ4n) is 4.24. The summed E-state index contributed by atoms with van der Waals surface area (Å²) in [6, 6.07) is 10.3. The van der Waals surface area contributed by atoms with E-state index >= 15 is 0 Å². The van der Waals surface area contributed by atoms with Crippen LogP contribution in [0.15, 0.2) is 47.1 Å². The zero-order valence-corrected chi connectivity index (χ0v) is 17.1. The molecular formula is C22H27N3O5. The van der Waals surface area contributed by atoms with Crippen molar-refractivity contribution in [2.24, 2.45) is 0 Å². The van der Waals surface area contributed by atoms with Gasteiger partial charge in [-0.15, -0.1) is 0 Å². The molecule has 8 heteroatoms. The maximum atomic E-state index is 12.9. The van der Waals surface area contributed by atoms with E-state index in [0.29, 0.717) is 49.8 Å². The highest BCUT2D eigenvalue weighted by atomic mass is 16.5. The third kappa shape index (κ3) is 4.20. The van der Waals surface area contributed by atoms with Crippen molar-refractivity contribution in [1.29, 1.82) is 0 Å². The maximum absolute atomic E-state index is 12.9. The number of rotatable bonds is 4. The van der Waals surface area contributed by atoms with Crippen molar-refractivity contribution in [1.82, 2.24) is 14.7 Å². The van der Waals surface area contributed by atoms with Gasteiger partial charge in [-0.2, -0.15) is 0 Å². The molecule has 3 heterocycles. The van der Waals surface area contributed by atoms with Crippen LogP contribution >= 0.6 is 0 Å². The van der Waals surface area contributed by atoms with Gasteiger partial charge in [0, 0.05) is 44.8 Å².